The summed E-state index contributed by atoms with van der Waals surface area (Å²) in [5.74, 6) is 0.387. The largest absolute Gasteiger partial charge is 0.353 e. The van der Waals surface area contributed by atoms with E-state index >= 15 is 0 Å². The van der Waals surface area contributed by atoms with Gasteiger partial charge in [0, 0.05) is 22.2 Å². The van der Waals surface area contributed by atoms with E-state index in [1.165, 1.54) is 0 Å². The van der Waals surface area contributed by atoms with E-state index in [9.17, 15) is 13.2 Å². The van der Waals surface area contributed by atoms with E-state index < -0.39 is 16.1 Å². The Morgan fingerprint density at radius 1 is 1.15 bits per heavy atom. The van der Waals surface area contributed by atoms with Gasteiger partial charge in [-0.3, -0.25) is 9.10 Å². The second-order valence-electron chi connectivity index (χ2n) is 5.91. The van der Waals surface area contributed by atoms with Crippen molar-refractivity contribution in [3.8, 4) is 0 Å². The highest BCUT2D eigenvalue weighted by Crippen LogP contribution is 2.24. The summed E-state index contributed by atoms with van der Waals surface area (Å²) in [6.07, 6.45) is 1.45. The molecule has 0 spiro atoms. The van der Waals surface area contributed by atoms with E-state index in [2.05, 4.69) is 5.32 Å². The molecule has 5 nitrogen and oxygen atoms in total. The van der Waals surface area contributed by atoms with E-state index in [0.29, 0.717) is 29.4 Å². The molecule has 0 bridgehead atoms. The Kier molecular flexibility index (Phi) is 8.01. The molecule has 146 valence electrons. The maximum Gasteiger partial charge on any atom is 0.243 e. The standard InChI is InChI=1S/C19H23ClN2O3S2/c1-3-18(19(23)21-13-14-26-17-7-5-4-6-8-17)22(27(2,24)25)16-11-9-15(20)10-12-16/h4-12,18H,3,13-14H2,1-2H3,(H,21,23)/t18-/m1/s1. The van der Waals surface area contributed by atoms with Crippen LogP contribution >= 0.6 is 23.4 Å². The van der Waals surface area contributed by atoms with Gasteiger partial charge in [-0.05, 0) is 42.8 Å². The summed E-state index contributed by atoms with van der Waals surface area (Å²) in [6.45, 7) is 2.24. The number of thioether (sulfide) groups is 1. The summed E-state index contributed by atoms with van der Waals surface area (Å²) in [6, 6.07) is 15.5. The number of nitrogens with one attached hydrogen (secondary N) is 1. The monoisotopic (exact) mass is 426 g/mol. The molecule has 2 aromatic carbocycles. The number of hydrogen-bond donors (Lipinski definition) is 1. The topological polar surface area (TPSA) is 66.5 Å². The van der Waals surface area contributed by atoms with Gasteiger partial charge in [0.25, 0.3) is 0 Å². The minimum atomic E-state index is -3.64. The number of benzene rings is 2. The molecule has 2 rings (SSSR count). The van der Waals surface area contributed by atoms with Gasteiger partial charge in [0.15, 0.2) is 0 Å². The second kappa shape index (κ2) is 10.0. The molecular formula is C19H23ClN2O3S2. The SMILES string of the molecule is CC[C@H](C(=O)NCCSc1ccccc1)N(c1ccc(Cl)cc1)S(C)(=O)=O. The molecule has 8 heteroatoms. The summed E-state index contributed by atoms with van der Waals surface area (Å²) in [5, 5.41) is 3.35. The first kappa shape index (κ1) is 21.6. The molecule has 0 unspecified atom stereocenters. The Balaban J connectivity index is 2.04. The summed E-state index contributed by atoms with van der Waals surface area (Å²) in [7, 11) is -3.64. The van der Waals surface area contributed by atoms with Crippen LogP contribution in [0.5, 0.6) is 0 Å². The van der Waals surface area contributed by atoms with Crippen LogP contribution in [0.4, 0.5) is 5.69 Å². The highest BCUT2D eigenvalue weighted by molar-refractivity contribution is 7.99. The fourth-order valence-electron chi connectivity index (χ4n) is 2.63. The van der Waals surface area contributed by atoms with Crippen LogP contribution in [0.2, 0.25) is 5.02 Å². The average Bonchev–Trinajstić information content (AvgIpc) is 2.64. The fourth-order valence-corrected chi connectivity index (χ4v) is 4.75. The predicted molar refractivity (Wildman–Crippen MR) is 113 cm³/mol. The molecule has 1 amide bonds. The fraction of sp³-hybridized carbons (Fsp3) is 0.316. The van der Waals surface area contributed by atoms with Crippen molar-refractivity contribution in [1.82, 2.24) is 5.32 Å². The molecule has 0 aliphatic carbocycles. The van der Waals surface area contributed by atoms with Gasteiger partial charge in [-0.15, -0.1) is 11.8 Å². The molecule has 0 fully saturated rings. The zero-order valence-electron chi connectivity index (χ0n) is 15.3. The number of sulfonamides is 1. The molecule has 1 atom stereocenters. The first-order chi connectivity index (χ1) is 12.8. The van der Waals surface area contributed by atoms with E-state index in [-0.39, 0.29) is 5.91 Å². The van der Waals surface area contributed by atoms with Crippen LogP contribution in [0.1, 0.15) is 13.3 Å². The summed E-state index contributed by atoms with van der Waals surface area (Å²) < 4.78 is 25.8. The highest BCUT2D eigenvalue weighted by atomic mass is 35.5. The van der Waals surface area contributed by atoms with Crippen molar-refractivity contribution in [3.05, 3.63) is 59.6 Å². The van der Waals surface area contributed by atoms with E-state index in [0.717, 1.165) is 15.5 Å². The van der Waals surface area contributed by atoms with Crippen molar-refractivity contribution >= 4 is 45.0 Å². The van der Waals surface area contributed by atoms with Crippen LogP contribution in [0, 0.1) is 0 Å². The van der Waals surface area contributed by atoms with Crippen molar-refractivity contribution in [1.29, 1.82) is 0 Å². The van der Waals surface area contributed by atoms with Gasteiger partial charge in [0.2, 0.25) is 15.9 Å². The molecule has 0 aliphatic rings. The lowest BCUT2D eigenvalue weighted by molar-refractivity contribution is -0.122. The average molecular weight is 427 g/mol. The lowest BCUT2D eigenvalue weighted by Crippen LogP contribution is -2.49. The number of carbonyl (C=O) groups excluding carboxylic acids is 1. The first-order valence-electron chi connectivity index (χ1n) is 8.53. The van der Waals surface area contributed by atoms with Crippen molar-refractivity contribution in [2.45, 2.75) is 24.3 Å². The van der Waals surface area contributed by atoms with Crippen molar-refractivity contribution < 1.29 is 13.2 Å². The predicted octanol–water partition coefficient (Wildman–Crippen LogP) is 3.79. The number of hydrogen-bond acceptors (Lipinski definition) is 4. The number of amides is 1. The van der Waals surface area contributed by atoms with Crippen molar-refractivity contribution in [2.75, 3.05) is 22.9 Å². The van der Waals surface area contributed by atoms with Gasteiger partial charge in [-0.2, -0.15) is 0 Å². The molecule has 0 saturated heterocycles. The molecule has 0 aromatic heterocycles. The Labute approximate surface area is 170 Å². The van der Waals surface area contributed by atoms with Crippen LogP contribution in [0.25, 0.3) is 0 Å². The molecule has 2 aromatic rings. The van der Waals surface area contributed by atoms with Crippen molar-refractivity contribution in [3.63, 3.8) is 0 Å². The summed E-state index contributed by atoms with van der Waals surface area (Å²) in [5.41, 5.74) is 0.419. The molecule has 0 saturated carbocycles. The van der Waals surface area contributed by atoms with E-state index in [1.807, 2.05) is 30.3 Å². The zero-order chi connectivity index (χ0) is 19.9. The van der Waals surface area contributed by atoms with Crippen molar-refractivity contribution in [2.24, 2.45) is 0 Å². The quantitative estimate of drug-likeness (QED) is 0.489. The number of nitrogens with zero attached hydrogens (tertiary/aromatic N) is 1. The Bertz CT molecular complexity index is 843. The third kappa shape index (κ3) is 6.45. The molecular weight excluding hydrogens is 404 g/mol. The highest BCUT2D eigenvalue weighted by Gasteiger charge is 2.31. The second-order valence-corrected chi connectivity index (χ2v) is 9.38. The normalized spacial score (nSPS) is 12.4. The molecule has 1 N–H and O–H groups in total. The number of halogens is 1. The Morgan fingerprint density at radius 3 is 2.33 bits per heavy atom. The summed E-state index contributed by atoms with van der Waals surface area (Å²) in [4.78, 5) is 13.8. The van der Waals surface area contributed by atoms with Gasteiger partial charge in [-0.1, -0.05) is 36.7 Å². The zero-order valence-corrected chi connectivity index (χ0v) is 17.7. The van der Waals surface area contributed by atoms with Gasteiger partial charge < -0.3 is 5.32 Å². The molecule has 0 aliphatic heterocycles. The van der Waals surface area contributed by atoms with Crippen LogP contribution in [0.3, 0.4) is 0 Å². The maximum atomic E-state index is 12.7. The minimum absolute atomic E-state index is 0.313. The van der Waals surface area contributed by atoms with Gasteiger partial charge in [0.05, 0.1) is 11.9 Å². The van der Waals surface area contributed by atoms with Gasteiger partial charge in [0.1, 0.15) is 6.04 Å². The lowest BCUT2D eigenvalue weighted by Gasteiger charge is -2.30. The van der Waals surface area contributed by atoms with Crippen LogP contribution in [0.15, 0.2) is 59.5 Å². The third-order valence-corrected chi connectivity index (χ3v) is 6.27. The maximum absolute atomic E-state index is 12.7. The van der Waals surface area contributed by atoms with Crippen LogP contribution in [-0.4, -0.2) is 38.9 Å². The van der Waals surface area contributed by atoms with Gasteiger partial charge in [-0.25, -0.2) is 8.42 Å². The third-order valence-electron chi connectivity index (χ3n) is 3.82. The molecule has 27 heavy (non-hydrogen) atoms. The lowest BCUT2D eigenvalue weighted by atomic mass is 10.2. The molecule has 0 radical (unpaired) electrons. The number of carbonyl (C=O) groups is 1. The van der Waals surface area contributed by atoms with Crippen LogP contribution in [-0.2, 0) is 14.8 Å². The minimum Gasteiger partial charge on any atom is -0.353 e. The molecule has 0 heterocycles. The number of rotatable bonds is 9. The summed E-state index contributed by atoms with van der Waals surface area (Å²) >= 11 is 7.52. The smallest absolute Gasteiger partial charge is 0.243 e. The van der Waals surface area contributed by atoms with E-state index in [4.69, 9.17) is 11.6 Å². The Hall–Kier alpha value is -1.70. The van der Waals surface area contributed by atoms with Gasteiger partial charge >= 0.3 is 0 Å². The number of anilines is 1. The van der Waals surface area contributed by atoms with E-state index in [1.54, 1.807) is 43.0 Å². The first-order valence-corrected chi connectivity index (χ1v) is 11.7. The Morgan fingerprint density at radius 2 is 1.78 bits per heavy atom. The van der Waals surface area contributed by atoms with Crippen LogP contribution < -0.4 is 9.62 Å².